The van der Waals surface area contributed by atoms with Gasteiger partial charge in [-0.25, -0.2) is 0 Å². The number of hydrogen-bond donors (Lipinski definition) is 1. The van der Waals surface area contributed by atoms with Crippen molar-refractivity contribution in [2.75, 3.05) is 13.1 Å². The Bertz CT molecular complexity index is 542. The van der Waals surface area contributed by atoms with Crippen molar-refractivity contribution in [2.24, 2.45) is 5.92 Å². The van der Waals surface area contributed by atoms with Crippen LogP contribution in [0.15, 0.2) is 24.3 Å². The molecule has 0 aromatic heterocycles. The lowest BCUT2D eigenvalue weighted by Crippen LogP contribution is -2.46. The molecule has 1 heterocycles. The second-order valence-corrected chi connectivity index (χ2v) is 6.71. The molecule has 0 radical (unpaired) electrons. The lowest BCUT2D eigenvalue weighted by atomic mass is 9.92. The summed E-state index contributed by atoms with van der Waals surface area (Å²) in [6, 6.07) is 7.76. The molecule has 1 aromatic carbocycles. The van der Waals surface area contributed by atoms with Crippen LogP contribution in [0.2, 0.25) is 0 Å². The molecule has 1 saturated heterocycles. The van der Waals surface area contributed by atoms with E-state index in [0.29, 0.717) is 31.8 Å². The highest BCUT2D eigenvalue weighted by atomic mass is 16.4. The molecule has 4 heteroatoms. The Balaban J connectivity index is 2.05. The third-order valence-electron chi connectivity index (χ3n) is 4.87. The first kappa shape index (κ1) is 17.7. The topological polar surface area (TPSA) is 57.6 Å². The standard InChI is InChI=1S/C19H27NO3/c1-4-17(20-11-9-16(10-12-20)19(22)23)18(21)15-7-5-14(6-8-15)13(2)3/h5-8,13,16-17H,4,9-12H2,1-3H3,(H,22,23). The maximum Gasteiger partial charge on any atom is 0.306 e. The van der Waals surface area contributed by atoms with Gasteiger partial charge in [-0.1, -0.05) is 45.0 Å². The number of Topliss-reactive ketones (excluding diaryl/α,β-unsaturated/α-hetero) is 1. The lowest BCUT2D eigenvalue weighted by Gasteiger charge is -2.35. The number of rotatable bonds is 6. The van der Waals surface area contributed by atoms with Gasteiger partial charge in [-0.15, -0.1) is 0 Å². The highest BCUT2D eigenvalue weighted by Gasteiger charge is 2.31. The van der Waals surface area contributed by atoms with Gasteiger partial charge in [0.2, 0.25) is 0 Å². The molecule has 0 aliphatic carbocycles. The van der Waals surface area contributed by atoms with E-state index < -0.39 is 5.97 Å². The first-order chi connectivity index (χ1) is 10.9. The van der Waals surface area contributed by atoms with E-state index in [1.807, 2.05) is 31.2 Å². The molecule has 1 aromatic rings. The van der Waals surface area contributed by atoms with Crippen LogP contribution in [0.1, 0.15) is 61.9 Å². The minimum absolute atomic E-state index is 0.144. The van der Waals surface area contributed by atoms with Crippen LogP contribution < -0.4 is 0 Å². The summed E-state index contributed by atoms with van der Waals surface area (Å²) in [7, 11) is 0. The quantitative estimate of drug-likeness (QED) is 0.815. The highest BCUT2D eigenvalue weighted by Crippen LogP contribution is 2.23. The van der Waals surface area contributed by atoms with E-state index in [9.17, 15) is 9.59 Å². The molecule has 1 aliphatic heterocycles. The monoisotopic (exact) mass is 317 g/mol. The maximum atomic E-state index is 12.8. The Hall–Kier alpha value is -1.68. The predicted molar refractivity (Wildman–Crippen MR) is 90.9 cm³/mol. The summed E-state index contributed by atoms with van der Waals surface area (Å²) in [4.78, 5) is 26.0. The molecule has 1 aliphatic rings. The van der Waals surface area contributed by atoms with Crippen molar-refractivity contribution in [1.82, 2.24) is 4.90 Å². The number of carbonyl (C=O) groups excluding carboxylic acids is 1. The smallest absolute Gasteiger partial charge is 0.306 e. The van der Waals surface area contributed by atoms with Crippen LogP contribution in [0.5, 0.6) is 0 Å². The Morgan fingerprint density at radius 3 is 2.17 bits per heavy atom. The zero-order valence-corrected chi connectivity index (χ0v) is 14.3. The van der Waals surface area contributed by atoms with Gasteiger partial charge in [0.05, 0.1) is 12.0 Å². The fraction of sp³-hybridized carbons (Fsp3) is 0.579. The van der Waals surface area contributed by atoms with Crippen LogP contribution >= 0.6 is 0 Å². The van der Waals surface area contributed by atoms with Crippen molar-refractivity contribution in [1.29, 1.82) is 0 Å². The number of nitrogens with zero attached hydrogens (tertiary/aromatic N) is 1. The Kier molecular flexibility index (Phi) is 5.94. The van der Waals surface area contributed by atoms with Crippen LogP contribution in [0.3, 0.4) is 0 Å². The highest BCUT2D eigenvalue weighted by molar-refractivity contribution is 6.00. The van der Waals surface area contributed by atoms with Gasteiger partial charge in [-0.3, -0.25) is 14.5 Å². The van der Waals surface area contributed by atoms with Crippen molar-refractivity contribution in [3.63, 3.8) is 0 Å². The van der Waals surface area contributed by atoms with Crippen molar-refractivity contribution >= 4 is 11.8 Å². The van der Waals surface area contributed by atoms with Crippen LogP contribution in [-0.4, -0.2) is 40.9 Å². The van der Waals surface area contributed by atoms with E-state index in [2.05, 4.69) is 18.7 Å². The number of carbonyl (C=O) groups is 2. The van der Waals surface area contributed by atoms with Gasteiger partial charge < -0.3 is 5.11 Å². The van der Waals surface area contributed by atoms with Crippen LogP contribution in [0, 0.1) is 5.92 Å². The molecule has 1 unspecified atom stereocenters. The predicted octanol–water partition coefficient (Wildman–Crippen LogP) is 3.57. The Labute approximate surface area is 138 Å². The summed E-state index contributed by atoms with van der Waals surface area (Å²) < 4.78 is 0. The molecule has 0 saturated carbocycles. The molecule has 126 valence electrons. The summed E-state index contributed by atoms with van der Waals surface area (Å²) in [5, 5.41) is 9.09. The summed E-state index contributed by atoms with van der Waals surface area (Å²) in [6.07, 6.45) is 2.01. The largest absolute Gasteiger partial charge is 0.481 e. The average molecular weight is 317 g/mol. The number of piperidine rings is 1. The van der Waals surface area contributed by atoms with Crippen molar-refractivity contribution in [3.05, 3.63) is 35.4 Å². The Morgan fingerprint density at radius 1 is 1.17 bits per heavy atom. The molecule has 1 atom stereocenters. The number of ketones is 1. The van der Waals surface area contributed by atoms with Crippen molar-refractivity contribution < 1.29 is 14.7 Å². The molecular weight excluding hydrogens is 290 g/mol. The molecular formula is C19H27NO3. The third-order valence-corrected chi connectivity index (χ3v) is 4.87. The lowest BCUT2D eigenvalue weighted by molar-refractivity contribution is -0.143. The van der Waals surface area contributed by atoms with Crippen molar-refractivity contribution in [2.45, 2.75) is 52.0 Å². The molecule has 23 heavy (non-hydrogen) atoms. The first-order valence-corrected chi connectivity index (χ1v) is 8.55. The number of hydrogen-bond acceptors (Lipinski definition) is 3. The second-order valence-electron chi connectivity index (χ2n) is 6.71. The second kappa shape index (κ2) is 7.73. The molecule has 4 nitrogen and oxygen atoms in total. The van der Waals surface area contributed by atoms with E-state index in [0.717, 1.165) is 12.0 Å². The molecule has 1 fully saturated rings. The fourth-order valence-electron chi connectivity index (χ4n) is 3.29. The van der Waals surface area contributed by atoms with Gasteiger partial charge in [0.25, 0.3) is 0 Å². The molecule has 0 amide bonds. The SMILES string of the molecule is CCC(C(=O)c1ccc(C(C)C)cc1)N1CCC(C(=O)O)CC1. The van der Waals surface area contributed by atoms with Crippen LogP contribution in [0.4, 0.5) is 0 Å². The van der Waals surface area contributed by atoms with Gasteiger partial charge >= 0.3 is 5.97 Å². The molecule has 2 rings (SSSR count). The van der Waals surface area contributed by atoms with Crippen molar-refractivity contribution in [3.8, 4) is 0 Å². The normalized spacial score (nSPS) is 18.1. The minimum Gasteiger partial charge on any atom is -0.481 e. The number of likely N-dealkylation sites (tertiary alicyclic amines) is 1. The van der Waals surface area contributed by atoms with Gasteiger partial charge in [0.1, 0.15) is 0 Å². The van der Waals surface area contributed by atoms with E-state index in [1.54, 1.807) is 0 Å². The number of benzene rings is 1. The average Bonchev–Trinajstić information content (AvgIpc) is 2.56. The zero-order valence-electron chi connectivity index (χ0n) is 14.3. The maximum absolute atomic E-state index is 12.8. The molecule has 0 bridgehead atoms. The third kappa shape index (κ3) is 4.20. The van der Waals surface area contributed by atoms with Crippen LogP contribution in [-0.2, 0) is 4.79 Å². The van der Waals surface area contributed by atoms with Gasteiger partial charge in [-0.05, 0) is 43.8 Å². The van der Waals surface area contributed by atoms with Crippen LogP contribution in [0.25, 0.3) is 0 Å². The number of aliphatic carboxylic acids is 1. The molecule has 1 N–H and O–H groups in total. The van der Waals surface area contributed by atoms with Gasteiger partial charge in [0, 0.05) is 5.56 Å². The summed E-state index contributed by atoms with van der Waals surface area (Å²) in [5.74, 6) is -0.370. The van der Waals surface area contributed by atoms with E-state index in [4.69, 9.17) is 5.11 Å². The van der Waals surface area contributed by atoms with E-state index >= 15 is 0 Å². The molecule has 0 spiro atoms. The van der Waals surface area contributed by atoms with Gasteiger partial charge in [0.15, 0.2) is 5.78 Å². The minimum atomic E-state index is -0.715. The Morgan fingerprint density at radius 2 is 1.74 bits per heavy atom. The number of carboxylic acid groups (broad SMARTS) is 1. The summed E-state index contributed by atoms with van der Waals surface area (Å²) in [6.45, 7) is 7.67. The van der Waals surface area contributed by atoms with E-state index in [1.165, 1.54) is 5.56 Å². The zero-order chi connectivity index (χ0) is 17.0. The summed E-state index contributed by atoms with van der Waals surface area (Å²) in [5.41, 5.74) is 1.98. The first-order valence-electron chi connectivity index (χ1n) is 8.55. The van der Waals surface area contributed by atoms with E-state index in [-0.39, 0.29) is 17.7 Å². The number of carboxylic acids is 1. The fourth-order valence-corrected chi connectivity index (χ4v) is 3.29. The van der Waals surface area contributed by atoms with Gasteiger partial charge in [-0.2, -0.15) is 0 Å². The summed E-state index contributed by atoms with van der Waals surface area (Å²) >= 11 is 0.